The van der Waals surface area contributed by atoms with Gasteiger partial charge in [0, 0.05) is 11.1 Å². The van der Waals surface area contributed by atoms with Gasteiger partial charge >= 0.3 is 0 Å². The number of rotatable bonds is 11. The summed E-state index contributed by atoms with van der Waals surface area (Å²) < 4.78 is 0. The normalized spacial score (nSPS) is 11.2. The quantitative estimate of drug-likeness (QED) is 0.463. The first-order valence-electron chi connectivity index (χ1n) is 8.41. The summed E-state index contributed by atoms with van der Waals surface area (Å²) in [4.78, 5) is 12.2. The molecule has 0 aromatic heterocycles. The van der Waals surface area contributed by atoms with Crippen molar-refractivity contribution in [2.45, 2.75) is 64.3 Å². The van der Waals surface area contributed by atoms with Gasteiger partial charge in [-0.15, -0.1) is 6.58 Å². The molecule has 0 unspecified atom stereocenters. The number of hydrogen-bond acceptors (Lipinski definition) is 2. The van der Waals surface area contributed by atoms with Crippen molar-refractivity contribution in [2.24, 2.45) is 0 Å². The molecule has 0 saturated carbocycles. The van der Waals surface area contributed by atoms with Crippen molar-refractivity contribution < 1.29 is 4.79 Å². The lowest BCUT2D eigenvalue weighted by Gasteiger charge is -2.34. The zero-order chi connectivity index (χ0) is 16.3. The van der Waals surface area contributed by atoms with Crippen LogP contribution in [-0.2, 0) is 0 Å². The van der Waals surface area contributed by atoms with E-state index in [0.29, 0.717) is 5.56 Å². The zero-order valence-corrected chi connectivity index (χ0v) is 14.0. The molecular weight excluding hydrogens is 272 g/mol. The summed E-state index contributed by atoms with van der Waals surface area (Å²) in [7, 11) is 0. The van der Waals surface area contributed by atoms with Crippen LogP contribution in [0.5, 0.6) is 0 Å². The predicted octanol–water partition coefficient (Wildman–Crippen LogP) is 4.62. The molecule has 0 saturated heterocycles. The highest BCUT2D eigenvalue weighted by Gasteiger charge is 2.28. The molecule has 3 heteroatoms. The Labute approximate surface area is 135 Å². The lowest BCUT2D eigenvalue weighted by molar-refractivity contribution is 0.0893. The summed E-state index contributed by atoms with van der Waals surface area (Å²) >= 11 is 0. The monoisotopic (exact) mass is 302 g/mol. The highest BCUT2D eigenvalue weighted by atomic mass is 16.2. The minimum atomic E-state index is -0.0851. The third kappa shape index (κ3) is 6.02. The Morgan fingerprint density at radius 1 is 1.14 bits per heavy atom. The minimum absolute atomic E-state index is 0.0814. The second-order valence-corrected chi connectivity index (χ2v) is 5.93. The zero-order valence-electron chi connectivity index (χ0n) is 14.0. The molecule has 0 atom stereocenters. The maximum absolute atomic E-state index is 12.2. The number of carbonyl (C=O) groups is 1. The van der Waals surface area contributed by atoms with Gasteiger partial charge < -0.3 is 0 Å². The second kappa shape index (κ2) is 10.2. The molecule has 0 aliphatic heterocycles. The van der Waals surface area contributed by atoms with Gasteiger partial charge in [0.1, 0.15) is 0 Å². The van der Waals surface area contributed by atoms with E-state index in [9.17, 15) is 4.79 Å². The van der Waals surface area contributed by atoms with E-state index >= 15 is 0 Å². The van der Waals surface area contributed by atoms with Crippen LogP contribution < -0.4 is 10.9 Å². The predicted molar refractivity (Wildman–Crippen MR) is 93.6 cm³/mol. The number of benzene rings is 1. The molecule has 1 rings (SSSR count). The third-order valence-corrected chi connectivity index (χ3v) is 4.03. The van der Waals surface area contributed by atoms with Crippen LogP contribution in [0.25, 0.3) is 0 Å². The van der Waals surface area contributed by atoms with Crippen LogP contribution in [-0.4, -0.2) is 11.4 Å². The molecule has 0 heterocycles. The molecular formula is C19H30N2O. The van der Waals surface area contributed by atoms with Gasteiger partial charge in [0.05, 0.1) is 0 Å². The SMILES string of the molecule is C=CCC(CCCC)(CCCC)NNC(=O)c1ccccc1. The largest absolute Gasteiger partial charge is 0.287 e. The molecule has 1 amide bonds. The number of hydrazine groups is 1. The molecule has 0 radical (unpaired) electrons. The van der Waals surface area contributed by atoms with Gasteiger partial charge in [-0.05, 0) is 31.4 Å². The fourth-order valence-electron chi connectivity index (χ4n) is 2.66. The highest BCUT2D eigenvalue weighted by Crippen LogP contribution is 2.25. The standard InChI is InChI=1S/C19H30N2O/c1-4-7-15-19(14-6-3,16-8-5-2)21-20-18(22)17-12-10-9-11-13-17/h6,9-13,21H,3-5,7-8,14-16H2,1-2H3,(H,20,22). The van der Waals surface area contributed by atoms with Gasteiger partial charge in [0.15, 0.2) is 0 Å². The fraction of sp³-hybridized carbons (Fsp3) is 0.526. The Morgan fingerprint density at radius 3 is 2.23 bits per heavy atom. The van der Waals surface area contributed by atoms with E-state index in [4.69, 9.17) is 0 Å². The molecule has 0 aliphatic carbocycles. The number of carbonyl (C=O) groups excluding carboxylic acids is 1. The van der Waals surface area contributed by atoms with Crippen molar-refractivity contribution in [2.75, 3.05) is 0 Å². The molecule has 0 aliphatic rings. The van der Waals surface area contributed by atoms with E-state index < -0.39 is 0 Å². The maximum Gasteiger partial charge on any atom is 0.265 e. The number of hydrogen-bond donors (Lipinski definition) is 2. The first-order valence-corrected chi connectivity index (χ1v) is 8.41. The maximum atomic E-state index is 12.2. The van der Waals surface area contributed by atoms with E-state index in [1.165, 1.54) is 0 Å². The number of nitrogens with one attached hydrogen (secondary N) is 2. The molecule has 0 spiro atoms. The van der Waals surface area contributed by atoms with Crippen molar-refractivity contribution in [1.82, 2.24) is 10.9 Å². The van der Waals surface area contributed by atoms with Crippen LogP contribution in [0.1, 0.15) is 69.2 Å². The smallest absolute Gasteiger partial charge is 0.265 e. The van der Waals surface area contributed by atoms with Gasteiger partial charge in [0.25, 0.3) is 5.91 Å². The summed E-state index contributed by atoms with van der Waals surface area (Å²) in [6, 6.07) is 9.31. The number of amides is 1. The molecule has 0 bridgehead atoms. The van der Waals surface area contributed by atoms with Crippen LogP contribution in [0, 0.1) is 0 Å². The molecule has 3 nitrogen and oxygen atoms in total. The van der Waals surface area contributed by atoms with Crippen LogP contribution in [0.3, 0.4) is 0 Å². The van der Waals surface area contributed by atoms with Crippen molar-refractivity contribution in [1.29, 1.82) is 0 Å². The lowest BCUT2D eigenvalue weighted by atomic mass is 9.85. The van der Waals surface area contributed by atoms with Crippen molar-refractivity contribution in [3.8, 4) is 0 Å². The van der Waals surface area contributed by atoms with E-state index in [1.54, 1.807) is 0 Å². The van der Waals surface area contributed by atoms with Crippen LogP contribution in [0.4, 0.5) is 0 Å². The molecule has 1 aromatic carbocycles. The summed E-state index contributed by atoms with van der Waals surface area (Å²) in [5, 5.41) is 0. The second-order valence-electron chi connectivity index (χ2n) is 5.93. The Balaban J connectivity index is 2.72. The summed E-state index contributed by atoms with van der Waals surface area (Å²) in [6.07, 6.45) is 9.50. The van der Waals surface area contributed by atoms with Crippen molar-refractivity contribution in [3.63, 3.8) is 0 Å². The fourth-order valence-corrected chi connectivity index (χ4v) is 2.66. The van der Waals surface area contributed by atoms with Gasteiger partial charge in [-0.25, -0.2) is 5.43 Å². The minimum Gasteiger partial charge on any atom is -0.287 e. The summed E-state index contributed by atoms with van der Waals surface area (Å²) in [5.74, 6) is -0.0814. The van der Waals surface area contributed by atoms with E-state index in [0.717, 1.165) is 44.9 Å². The summed E-state index contributed by atoms with van der Waals surface area (Å²) in [5.41, 5.74) is 6.83. The van der Waals surface area contributed by atoms with E-state index in [-0.39, 0.29) is 11.4 Å². The third-order valence-electron chi connectivity index (χ3n) is 4.03. The van der Waals surface area contributed by atoms with Crippen LogP contribution in [0.15, 0.2) is 43.0 Å². The Morgan fingerprint density at radius 2 is 1.73 bits per heavy atom. The molecule has 122 valence electrons. The summed E-state index contributed by atoms with van der Waals surface area (Å²) in [6.45, 7) is 8.29. The van der Waals surface area contributed by atoms with E-state index in [1.807, 2.05) is 36.4 Å². The molecule has 22 heavy (non-hydrogen) atoms. The lowest BCUT2D eigenvalue weighted by Crippen LogP contribution is -2.54. The van der Waals surface area contributed by atoms with Gasteiger partial charge in [-0.3, -0.25) is 10.2 Å². The highest BCUT2D eigenvalue weighted by molar-refractivity contribution is 5.93. The first kappa shape index (κ1) is 18.4. The molecule has 2 N–H and O–H groups in total. The molecule has 0 fully saturated rings. The van der Waals surface area contributed by atoms with E-state index in [2.05, 4.69) is 31.3 Å². The average molecular weight is 302 g/mol. The Bertz CT molecular complexity index is 434. The number of unbranched alkanes of at least 4 members (excludes halogenated alkanes) is 2. The Hall–Kier alpha value is -1.61. The van der Waals surface area contributed by atoms with Crippen LogP contribution >= 0.6 is 0 Å². The molecule has 1 aromatic rings. The van der Waals surface area contributed by atoms with Crippen LogP contribution in [0.2, 0.25) is 0 Å². The van der Waals surface area contributed by atoms with Gasteiger partial charge in [-0.1, -0.05) is 63.8 Å². The Kier molecular flexibility index (Phi) is 8.53. The van der Waals surface area contributed by atoms with Crippen molar-refractivity contribution in [3.05, 3.63) is 48.6 Å². The van der Waals surface area contributed by atoms with Gasteiger partial charge in [-0.2, -0.15) is 0 Å². The van der Waals surface area contributed by atoms with Crippen molar-refractivity contribution >= 4 is 5.91 Å². The van der Waals surface area contributed by atoms with Gasteiger partial charge in [0.2, 0.25) is 0 Å². The first-order chi connectivity index (χ1) is 10.7. The topological polar surface area (TPSA) is 41.1 Å². The average Bonchev–Trinajstić information content (AvgIpc) is 2.56.